The van der Waals surface area contributed by atoms with Gasteiger partial charge in [0.1, 0.15) is 5.76 Å². The van der Waals surface area contributed by atoms with Crippen LogP contribution in [0.15, 0.2) is 21.6 Å². The maximum Gasteiger partial charge on any atom is 0.273 e. The highest BCUT2D eigenvalue weighted by Gasteiger charge is 2.16. The Kier molecular flexibility index (Phi) is 5.84. The maximum atomic E-state index is 11.5. The van der Waals surface area contributed by atoms with Crippen LogP contribution in [0.2, 0.25) is 0 Å². The fourth-order valence-corrected chi connectivity index (χ4v) is 2.34. The van der Waals surface area contributed by atoms with Gasteiger partial charge in [0.25, 0.3) is 10.0 Å². The minimum atomic E-state index is -3.47. The number of sulfonamides is 1. The third-order valence-electron chi connectivity index (χ3n) is 3.06. The molecule has 0 aliphatic heterocycles. The first-order chi connectivity index (χ1) is 8.53. The summed E-state index contributed by atoms with van der Waals surface area (Å²) in [5.41, 5.74) is 0. The van der Waals surface area contributed by atoms with E-state index < -0.39 is 10.0 Å². The van der Waals surface area contributed by atoms with E-state index in [1.165, 1.54) is 13.1 Å². The van der Waals surface area contributed by atoms with E-state index in [2.05, 4.69) is 23.9 Å². The van der Waals surface area contributed by atoms with E-state index in [4.69, 9.17) is 4.42 Å². The Hall–Kier alpha value is -0.850. The lowest BCUT2D eigenvalue weighted by Crippen LogP contribution is -2.21. The van der Waals surface area contributed by atoms with Gasteiger partial charge in [0.05, 0.1) is 6.54 Å². The Labute approximate surface area is 109 Å². The molecule has 0 saturated carbocycles. The summed E-state index contributed by atoms with van der Waals surface area (Å²) >= 11 is 0. The topological polar surface area (TPSA) is 71.3 Å². The number of hydrogen-bond donors (Lipinski definition) is 2. The van der Waals surface area contributed by atoms with E-state index in [0.717, 1.165) is 19.4 Å². The van der Waals surface area contributed by atoms with Crippen LogP contribution in [0.1, 0.15) is 32.4 Å². The average Bonchev–Trinajstić information content (AvgIpc) is 2.84. The van der Waals surface area contributed by atoms with Gasteiger partial charge in [-0.15, -0.1) is 0 Å². The Balaban J connectivity index is 2.50. The smallest absolute Gasteiger partial charge is 0.273 e. The van der Waals surface area contributed by atoms with Gasteiger partial charge in [-0.05, 0) is 31.6 Å². The van der Waals surface area contributed by atoms with Crippen molar-refractivity contribution in [2.24, 2.45) is 5.92 Å². The monoisotopic (exact) mass is 274 g/mol. The zero-order chi connectivity index (χ0) is 13.6. The Morgan fingerprint density at radius 1 is 1.28 bits per heavy atom. The molecule has 0 aliphatic rings. The summed E-state index contributed by atoms with van der Waals surface area (Å²) in [5, 5.41) is 3.24. The summed E-state index contributed by atoms with van der Waals surface area (Å²) in [6.45, 7) is 5.80. The summed E-state index contributed by atoms with van der Waals surface area (Å²) in [6, 6.07) is 3.16. The van der Waals surface area contributed by atoms with Gasteiger partial charge in [0.15, 0.2) is 0 Å². The summed E-state index contributed by atoms with van der Waals surface area (Å²) in [7, 11) is -2.11. The van der Waals surface area contributed by atoms with Crippen LogP contribution in [0.5, 0.6) is 0 Å². The predicted octanol–water partition coefficient (Wildman–Crippen LogP) is 1.71. The van der Waals surface area contributed by atoms with Crippen LogP contribution >= 0.6 is 0 Å². The third-order valence-corrected chi connectivity index (χ3v) is 4.34. The zero-order valence-corrected chi connectivity index (χ0v) is 12.0. The molecule has 2 N–H and O–H groups in total. The first kappa shape index (κ1) is 15.2. The van der Waals surface area contributed by atoms with Crippen LogP contribution in [-0.2, 0) is 16.6 Å². The van der Waals surface area contributed by atoms with E-state index in [0.29, 0.717) is 18.2 Å². The highest BCUT2D eigenvalue weighted by molar-refractivity contribution is 7.89. The van der Waals surface area contributed by atoms with Gasteiger partial charge in [-0.3, -0.25) is 0 Å². The lowest BCUT2D eigenvalue weighted by molar-refractivity contribution is 0.384. The van der Waals surface area contributed by atoms with Crippen molar-refractivity contribution in [1.82, 2.24) is 10.0 Å². The van der Waals surface area contributed by atoms with E-state index in [1.807, 2.05) is 0 Å². The normalized spacial score (nSPS) is 12.2. The van der Waals surface area contributed by atoms with Crippen molar-refractivity contribution < 1.29 is 12.8 Å². The molecule has 0 saturated heterocycles. The largest absolute Gasteiger partial charge is 0.447 e. The third kappa shape index (κ3) is 4.12. The molecule has 1 rings (SSSR count). The number of nitrogens with one attached hydrogen (secondary N) is 2. The fraction of sp³-hybridized carbons (Fsp3) is 0.667. The average molecular weight is 274 g/mol. The molecule has 0 radical (unpaired) electrons. The molecule has 0 atom stereocenters. The van der Waals surface area contributed by atoms with Crippen LogP contribution in [-0.4, -0.2) is 22.0 Å². The fourth-order valence-electron chi connectivity index (χ4n) is 1.68. The van der Waals surface area contributed by atoms with E-state index >= 15 is 0 Å². The summed E-state index contributed by atoms with van der Waals surface area (Å²) in [5.74, 6) is 1.29. The lowest BCUT2D eigenvalue weighted by atomic mass is 10.0. The van der Waals surface area contributed by atoms with Crippen LogP contribution in [0.4, 0.5) is 0 Å². The Morgan fingerprint density at radius 2 is 1.94 bits per heavy atom. The summed E-state index contributed by atoms with van der Waals surface area (Å²) in [4.78, 5) is 0. The van der Waals surface area contributed by atoms with Crippen molar-refractivity contribution >= 4 is 10.0 Å². The first-order valence-electron chi connectivity index (χ1n) is 6.26. The molecule has 0 fully saturated rings. The van der Waals surface area contributed by atoms with Crippen LogP contribution in [0.3, 0.4) is 0 Å². The van der Waals surface area contributed by atoms with Gasteiger partial charge < -0.3 is 9.73 Å². The van der Waals surface area contributed by atoms with Gasteiger partial charge >= 0.3 is 0 Å². The van der Waals surface area contributed by atoms with Crippen molar-refractivity contribution in [1.29, 1.82) is 0 Å². The molecular formula is C12H22N2O3S. The van der Waals surface area contributed by atoms with Crippen LogP contribution in [0, 0.1) is 5.92 Å². The molecule has 0 unspecified atom stereocenters. The van der Waals surface area contributed by atoms with E-state index in [9.17, 15) is 8.42 Å². The van der Waals surface area contributed by atoms with Crippen molar-refractivity contribution in [3.05, 3.63) is 17.9 Å². The summed E-state index contributed by atoms with van der Waals surface area (Å²) < 4.78 is 30.4. The van der Waals surface area contributed by atoms with E-state index in [-0.39, 0.29) is 5.09 Å². The second-order valence-electron chi connectivity index (χ2n) is 4.24. The van der Waals surface area contributed by atoms with Gasteiger partial charge in [0, 0.05) is 0 Å². The molecule has 0 amide bonds. The van der Waals surface area contributed by atoms with Crippen molar-refractivity contribution in [3.63, 3.8) is 0 Å². The number of hydrogen-bond acceptors (Lipinski definition) is 4. The minimum Gasteiger partial charge on any atom is -0.447 e. The molecule has 104 valence electrons. The number of furan rings is 1. The second-order valence-corrected chi connectivity index (χ2v) is 6.06. The van der Waals surface area contributed by atoms with Gasteiger partial charge in [0.2, 0.25) is 5.09 Å². The maximum absolute atomic E-state index is 11.5. The number of rotatable bonds is 8. The zero-order valence-electron chi connectivity index (χ0n) is 11.2. The highest BCUT2D eigenvalue weighted by atomic mass is 32.2. The first-order valence-corrected chi connectivity index (χ1v) is 7.74. The van der Waals surface area contributed by atoms with Crippen molar-refractivity contribution in [2.75, 3.05) is 13.6 Å². The minimum absolute atomic E-state index is 0.0377. The molecule has 1 aromatic heterocycles. The Bertz CT molecular complexity index is 450. The van der Waals surface area contributed by atoms with Gasteiger partial charge in [-0.25, -0.2) is 13.1 Å². The van der Waals surface area contributed by atoms with Gasteiger partial charge in [-0.1, -0.05) is 26.7 Å². The molecule has 6 heteroatoms. The molecule has 0 aliphatic carbocycles. The van der Waals surface area contributed by atoms with Crippen molar-refractivity contribution in [3.8, 4) is 0 Å². The molecule has 0 spiro atoms. The second kappa shape index (κ2) is 6.92. The molecule has 1 heterocycles. The summed E-state index contributed by atoms with van der Waals surface area (Å²) in [6.07, 6.45) is 2.28. The Morgan fingerprint density at radius 3 is 2.50 bits per heavy atom. The van der Waals surface area contributed by atoms with Gasteiger partial charge in [-0.2, -0.15) is 0 Å². The molecule has 1 aromatic rings. The van der Waals surface area contributed by atoms with Crippen LogP contribution in [0.25, 0.3) is 0 Å². The van der Waals surface area contributed by atoms with Crippen LogP contribution < -0.4 is 10.0 Å². The molecule has 18 heavy (non-hydrogen) atoms. The SMILES string of the molecule is CCC(CC)CNCc1ccc(S(=O)(=O)NC)o1. The predicted molar refractivity (Wildman–Crippen MR) is 70.7 cm³/mol. The van der Waals surface area contributed by atoms with E-state index in [1.54, 1.807) is 6.07 Å². The highest BCUT2D eigenvalue weighted by Crippen LogP contribution is 2.13. The standard InChI is InChI=1S/C12H22N2O3S/c1-4-10(5-2)8-14-9-11-6-7-12(17-11)18(15,16)13-3/h6-7,10,13-14H,4-5,8-9H2,1-3H3. The molecular weight excluding hydrogens is 252 g/mol. The molecule has 5 nitrogen and oxygen atoms in total. The van der Waals surface area contributed by atoms with Crippen molar-refractivity contribution in [2.45, 2.75) is 38.3 Å². The molecule has 0 bridgehead atoms. The lowest BCUT2D eigenvalue weighted by Gasteiger charge is -2.12. The quantitative estimate of drug-likeness (QED) is 0.757. The molecule has 0 aromatic carbocycles.